The lowest BCUT2D eigenvalue weighted by atomic mass is 10.2. The molecule has 4 heteroatoms. The predicted octanol–water partition coefficient (Wildman–Crippen LogP) is 1.36. The normalized spacial score (nSPS) is 10.2. The summed E-state index contributed by atoms with van der Waals surface area (Å²) in [6, 6.07) is 6.97. The lowest BCUT2D eigenvalue weighted by Gasteiger charge is -1.99. The smallest absolute Gasteiger partial charge is 0.358 e. The summed E-state index contributed by atoms with van der Waals surface area (Å²) in [5.41, 5.74) is 1.08. The summed E-state index contributed by atoms with van der Waals surface area (Å²) in [6.07, 6.45) is 0.694. The molecule has 0 aliphatic rings. The van der Waals surface area contributed by atoms with Gasteiger partial charge < -0.3 is 9.94 Å². The van der Waals surface area contributed by atoms with Crippen molar-refractivity contribution in [3.8, 4) is 5.75 Å². The molecule has 1 aromatic rings. The fourth-order valence-corrected chi connectivity index (χ4v) is 0.796. The highest BCUT2D eigenvalue weighted by Gasteiger charge is 1.99. The van der Waals surface area contributed by atoms with E-state index in [1.165, 1.54) is 0 Å². The number of carbonyl (C=O) groups excluding carboxylic acids is 1. The van der Waals surface area contributed by atoms with Crippen molar-refractivity contribution in [2.45, 2.75) is 6.92 Å². The van der Waals surface area contributed by atoms with E-state index in [2.05, 4.69) is 5.16 Å². The Hall–Kier alpha value is -1.84. The number of hydrogen-bond acceptors (Lipinski definition) is 4. The van der Waals surface area contributed by atoms with Crippen LogP contribution in [0.15, 0.2) is 29.4 Å². The average Bonchev–Trinajstić information content (AvgIpc) is 2.09. The molecule has 0 heterocycles. The van der Waals surface area contributed by atoms with E-state index in [-0.39, 0.29) is 0 Å². The van der Waals surface area contributed by atoms with Gasteiger partial charge in [0.2, 0.25) is 0 Å². The summed E-state index contributed by atoms with van der Waals surface area (Å²) in [6.45, 7) is 1.93. The highest BCUT2D eigenvalue weighted by atomic mass is 16.5. The zero-order chi connectivity index (χ0) is 9.68. The third kappa shape index (κ3) is 2.94. The first-order valence-corrected chi connectivity index (χ1v) is 3.68. The van der Waals surface area contributed by atoms with Crippen molar-refractivity contribution >= 4 is 12.2 Å². The van der Waals surface area contributed by atoms with Crippen molar-refractivity contribution < 1.29 is 14.7 Å². The van der Waals surface area contributed by atoms with Crippen molar-refractivity contribution in [3.63, 3.8) is 0 Å². The zero-order valence-corrected chi connectivity index (χ0v) is 7.10. The zero-order valence-electron chi connectivity index (χ0n) is 7.10. The molecule has 0 bridgehead atoms. The van der Waals surface area contributed by atoms with Gasteiger partial charge in [0.1, 0.15) is 5.75 Å². The van der Waals surface area contributed by atoms with E-state index in [1.807, 2.05) is 19.1 Å². The predicted molar refractivity (Wildman–Crippen MR) is 47.1 cm³/mol. The maximum Gasteiger partial charge on any atom is 0.358 e. The van der Waals surface area contributed by atoms with Gasteiger partial charge in [-0.15, -0.1) is 0 Å². The lowest BCUT2D eigenvalue weighted by molar-refractivity contribution is -0.126. The molecule has 0 radical (unpaired) electrons. The highest BCUT2D eigenvalue weighted by molar-refractivity contribution is 6.23. The Morgan fingerprint density at radius 1 is 1.46 bits per heavy atom. The topological polar surface area (TPSA) is 58.9 Å². The van der Waals surface area contributed by atoms with Gasteiger partial charge in [0.05, 0.1) is 0 Å². The van der Waals surface area contributed by atoms with Crippen LogP contribution in [0.1, 0.15) is 5.56 Å². The molecular formula is C9H9NO3. The first-order valence-electron chi connectivity index (χ1n) is 3.68. The van der Waals surface area contributed by atoms with E-state index < -0.39 is 5.97 Å². The molecule has 13 heavy (non-hydrogen) atoms. The monoisotopic (exact) mass is 179 g/mol. The molecule has 1 N–H and O–H groups in total. The van der Waals surface area contributed by atoms with Crippen molar-refractivity contribution in [1.29, 1.82) is 0 Å². The van der Waals surface area contributed by atoms with Gasteiger partial charge in [-0.25, -0.2) is 4.79 Å². The second-order valence-corrected chi connectivity index (χ2v) is 2.48. The fraction of sp³-hybridized carbons (Fsp3) is 0.111. The summed E-state index contributed by atoms with van der Waals surface area (Å²) in [5, 5.41) is 10.6. The molecule has 0 spiro atoms. The molecule has 0 aliphatic heterocycles. The van der Waals surface area contributed by atoms with Crippen LogP contribution in [0.3, 0.4) is 0 Å². The number of carbonyl (C=O) groups is 1. The molecule has 0 aliphatic carbocycles. The Morgan fingerprint density at radius 2 is 2.08 bits per heavy atom. The van der Waals surface area contributed by atoms with Crippen LogP contribution in [-0.2, 0) is 4.79 Å². The maximum atomic E-state index is 10.8. The molecule has 1 rings (SSSR count). The minimum Gasteiger partial charge on any atom is -0.422 e. The van der Waals surface area contributed by atoms with Crippen LogP contribution in [0.25, 0.3) is 0 Å². The summed E-state index contributed by atoms with van der Waals surface area (Å²) in [5.74, 6) is -0.276. The minimum absolute atomic E-state index is 0.426. The Bertz CT molecular complexity index is 316. The Labute approximate surface area is 75.4 Å². The Balaban J connectivity index is 2.64. The number of benzene rings is 1. The number of aryl methyl sites for hydroxylation is 1. The number of nitrogens with zero attached hydrogens (tertiary/aromatic N) is 1. The minimum atomic E-state index is -0.702. The second kappa shape index (κ2) is 4.25. The highest BCUT2D eigenvalue weighted by Crippen LogP contribution is 2.10. The average molecular weight is 179 g/mol. The van der Waals surface area contributed by atoms with Gasteiger partial charge in [-0.2, -0.15) is 0 Å². The largest absolute Gasteiger partial charge is 0.422 e. The molecule has 1 aromatic carbocycles. The van der Waals surface area contributed by atoms with Crippen LogP contribution in [0, 0.1) is 6.92 Å². The number of esters is 1. The molecule has 0 unspecified atom stereocenters. The van der Waals surface area contributed by atoms with Crippen LogP contribution < -0.4 is 4.74 Å². The third-order valence-electron chi connectivity index (χ3n) is 1.40. The quantitative estimate of drug-likeness (QED) is 0.245. The summed E-state index contributed by atoms with van der Waals surface area (Å²) >= 11 is 0. The molecule has 4 nitrogen and oxygen atoms in total. The van der Waals surface area contributed by atoms with Crippen molar-refractivity contribution in [3.05, 3.63) is 29.8 Å². The van der Waals surface area contributed by atoms with Crippen LogP contribution in [0.5, 0.6) is 5.75 Å². The molecular weight excluding hydrogens is 170 g/mol. The van der Waals surface area contributed by atoms with Gasteiger partial charge in [0.15, 0.2) is 6.21 Å². The lowest BCUT2D eigenvalue weighted by Crippen LogP contribution is -2.08. The van der Waals surface area contributed by atoms with Gasteiger partial charge in [0, 0.05) is 0 Å². The molecule has 0 atom stereocenters. The van der Waals surface area contributed by atoms with E-state index >= 15 is 0 Å². The molecule has 0 aromatic heterocycles. The van der Waals surface area contributed by atoms with Crippen molar-refractivity contribution in [2.24, 2.45) is 5.16 Å². The fourth-order valence-electron chi connectivity index (χ4n) is 0.796. The van der Waals surface area contributed by atoms with Gasteiger partial charge in [-0.1, -0.05) is 22.9 Å². The molecule has 68 valence electrons. The second-order valence-electron chi connectivity index (χ2n) is 2.48. The van der Waals surface area contributed by atoms with E-state index in [0.29, 0.717) is 12.0 Å². The SMILES string of the molecule is Cc1ccc(OC(=O)/C=N/O)cc1. The Morgan fingerprint density at radius 3 is 2.62 bits per heavy atom. The molecule has 0 saturated carbocycles. The standard InChI is InChI=1S/C9H9NO3/c1-7-2-4-8(5-3-7)13-9(11)6-10-12/h2-6,12H,1H3/b10-6+. The number of rotatable bonds is 2. The van der Waals surface area contributed by atoms with Crippen molar-refractivity contribution in [2.75, 3.05) is 0 Å². The Kier molecular flexibility index (Phi) is 3.03. The summed E-state index contributed by atoms with van der Waals surface area (Å²) in [4.78, 5) is 10.8. The first-order chi connectivity index (χ1) is 6.22. The number of oxime groups is 1. The van der Waals surface area contributed by atoms with Gasteiger partial charge in [0.25, 0.3) is 0 Å². The van der Waals surface area contributed by atoms with E-state index in [9.17, 15) is 4.79 Å². The number of hydrogen-bond donors (Lipinski definition) is 1. The van der Waals surface area contributed by atoms with Crippen LogP contribution in [-0.4, -0.2) is 17.4 Å². The van der Waals surface area contributed by atoms with Gasteiger partial charge in [-0.3, -0.25) is 0 Å². The maximum absolute atomic E-state index is 10.8. The van der Waals surface area contributed by atoms with Gasteiger partial charge in [-0.05, 0) is 19.1 Å². The van der Waals surface area contributed by atoms with E-state index in [4.69, 9.17) is 9.94 Å². The number of ether oxygens (including phenoxy) is 1. The van der Waals surface area contributed by atoms with Crippen LogP contribution in [0.4, 0.5) is 0 Å². The molecule has 0 amide bonds. The first kappa shape index (κ1) is 9.25. The third-order valence-corrected chi connectivity index (χ3v) is 1.40. The molecule has 0 saturated heterocycles. The summed E-state index contributed by atoms with van der Waals surface area (Å²) in [7, 11) is 0. The van der Waals surface area contributed by atoms with Crippen LogP contribution >= 0.6 is 0 Å². The molecule has 0 fully saturated rings. The van der Waals surface area contributed by atoms with Crippen molar-refractivity contribution in [1.82, 2.24) is 0 Å². The van der Waals surface area contributed by atoms with Gasteiger partial charge >= 0.3 is 5.97 Å². The van der Waals surface area contributed by atoms with E-state index in [0.717, 1.165) is 5.56 Å². The van der Waals surface area contributed by atoms with E-state index in [1.54, 1.807) is 12.1 Å². The summed E-state index contributed by atoms with van der Waals surface area (Å²) < 4.78 is 4.76. The van der Waals surface area contributed by atoms with Crippen LogP contribution in [0.2, 0.25) is 0 Å².